The highest BCUT2D eigenvalue weighted by Crippen LogP contribution is 2.23. The first-order valence-corrected chi connectivity index (χ1v) is 5.58. The SMILES string of the molecule is C=C(CC)CC(NC)c1ccsc1. The molecule has 0 aliphatic carbocycles. The monoisotopic (exact) mass is 195 g/mol. The minimum Gasteiger partial charge on any atom is -0.313 e. The maximum Gasteiger partial charge on any atom is 0.0363 e. The zero-order valence-electron chi connectivity index (χ0n) is 8.34. The Morgan fingerprint density at radius 1 is 1.69 bits per heavy atom. The molecule has 0 saturated carbocycles. The highest BCUT2D eigenvalue weighted by atomic mass is 32.1. The summed E-state index contributed by atoms with van der Waals surface area (Å²) in [4.78, 5) is 0. The van der Waals surface area contributed by atoms with Crippen molar-refractivity contribution < 1.29 is 0 Å². The third-order valence-corrected chi connectivity index (χ3v) is 2.99. The molecule has 0 fully saturated rings. The zero-order chi connectivity index (χ0) is 9.68. The van der Waals surface area contributed by atoms with Crippen molar-refractivity contribution >= 4 is 11.3 Å². The van der Waals surface area contributed by atoms with Crippen LogP contribution in [-0.2, 0) is 0 Å². The van der Waals surface area contributed by atoms with E-state index in [1.807, 2.05) is 7.05 Å². The van der Waals surface area contributed by atoms with Gasteiger partial charge in [0, 0.05) is 6.04 Å². The lowest BCUT2D eigenvalue weighted by molar-refractivity contribution is 0.584. The highest BCUT2D eigenvalue weighted by Gasteiger charge is 2.09. The largest absolute Gasteiger partial charge is 0.313 e. The van der Waals surface area contributed by atoms with E-state index in [0.29, 0.717) is 6.04 Å². The predicted octanol–water partition coefficient (Wildman–Crippen LogP) is 3.36. The summed E-state index contributed by atoms with van der Waals surface area (Å²) in [5, 5.41) is 7.63. The van der Waals surface area contributed by atoms with Crippen LogP contribution >= 0.6 is 11.3 Å². The molecule has 1 nitrogen and oxygen atoms in total. The van der Waals surface area contributed by atoms with Gasteiger partial charge in [0.1, 0.15) is 0 Å². The molecule has 1 aromatic rings. The first-order valence-electron chi connectivity index (χ1n) is 4.64. The van der Waals surface area contributed by atoms with Crippen LogP contribution < -0.4 is 5.32 Å². The first kappa shape index (κ1) is 10.5. The number of hydrogen-bond donors (Lipinski definition) is 1. The maximum atomic E-state index is 4.03. The Morgan fingerprint density at radius 2 is 2.46 bits per heavy atom. The summed E-state index contributed by atoms with van der Waals surface area (Å²) in [5.41, 5.74) is 2.69. The van der Waals surface area contributed by atoms with Crippen LogP contribution in [0, 0.1) is 0 Å². The highest BCUT2D eigenvalue weighted by molar-refractivity contribution is 7.07. The Balaban J connectivity index is 2.58. The second kappa shape index (κ2) is 5.20. The van der Waals surface area contributed by atoms with Crippen LogP contribution in [-0.4, -0.2) is 7.05 Å². The van der Waals surface area contributed by atoms with E-state index in [4.69, 9.17) is 0 Å². The van der Waals surface area contributed by atoms with E-state index in [9.17, 15) is 0 Å². The summed E-state index contributed by atoms with van der Waals surface area (Å²) in [5.74, 6) is 0. The van der Waals surface area contributed by atoms with E-state index >= 15 is 0 Å². The fourth-order valence-electron chi connectivity index (χ4n) is 1.29. The van der Waals surface area contributed by atoms with E-state index in [-0.39, 0.29) is 0 Å². The molecule has 0 aromatic carbocycles. The summed E-state index contributed by atoms with van der Waals surface area (Å²) in [6, 6.07) is 2.62. The Labute approximate surface area is 84.5 Å². The van der Waals surface area contributed by atoms with E-state index in [1.54, 1.807) is 11.3 Å². The van der Waals surface area contributed by atoms with Gasteiger partial charge in [-0.25, -0.2) is 0 Å². The van der Waals surface area contributed by atoms with Gasteiger partial charge in [-0.3, -0.25) is 0 Å². The normalized spacial score (nSPS) is 12.8. The molecule has 1 rings (SSSR count). The Bertz CT molecular complexity index is 251. The molecule has 0 radical (unpaired) electrons. The van der Waals surface area contributed by atoms with Crippen LogP contribution in [0.1, 0.15) is 31.4 Å². The Kier molecular flexibility index (Phi) is 4.19. The molecule has 1 aromatic heterocycles. The van der Waals surface area contributed by atoms with Gasteiger partial charge in [0.2, 0.25) is 0 Å². The lowest BCUT2D eigenvalue weighted by atomic mass is 10.0. The molecule has 0 saturated heterocycles. The van der Waals surface area contributed by atoms with E-state index in [1.165, 1.54) is 11.1 Å². The second-order valence-corrected chi connectivity index (χ2v) is 3.99. The van der Waals surface area contributed by atoms with Gasteiger partial charge in [-0.2, -0.15) is 11.3 Å². The molecule has 2 heteroatoms. The van der Waals surface area contributed by atoms with Gasteiger partial charge in [-0.05, 0) is 42.3 Å². The van der Waals surface area contributed by atoms with Crippen LogP contribution in [0.25, 0.3) is 0 Å². The molecule has 13 heavy (non-hydrogen) atoms. The zero-order valence-corrected chi connectivity index (χ0v) is 9.16. The number of hydrogen-bond acceptors (Lipinski definition) is 2. The molecule has 0 aliphatic heterocycles. The number of thiophene rings is 1. The van der Waals surface area contributed by atoms with Crippen LogP contribution in [0.4, 0.5) is 0 Å². The summed E-state index contributed by atoms with van der Waals surface area (Å²) >= 11 is 1.75. The van der Waals surface area contributed by atoms with Crippen molar-refractivity contribution in [1.29, 1.82) is 0 Å². The predicted molar refractivity (Wildman–Crippen MR) is 60.2 cm³/mol. The third kappa shape index (κ3) is 2.98. The van der Waals surface area contributed by atoms with Crippen molar-refractivity contribution in [3.63, 3.8) is 0 Å². The van der Waals surface area contributed by atoms with Crippen molar-refractivity contribution in [2.75, 3.05) is 7.05 Å². The molecule has 0 aliphatic rings. The van der Waals surface area contributed by atoms with Crippen LogP contribution in [0.5, 0.6) is 0 Å². The number of nitrogens with one attached hydrogen (secondary N) is 1. The van der Waals surface area contributed by atoms with Gasteiger partial charge < -0.3 is 5.32 Å². The molecule has 1 heterocycles. The van der Waals surface area contributed by atoms with Crippen molar-refractivity contribution in [2.45, 2.75) is 25.8 Å². The van der Waals surface area contributed by atoms with E-state index in [0.717, 1.165) is 12.8 Å². The average Bonchev–Trinajstić information content (AvgIpc) is 2.66. The van der Waals surface area contributed by atoms with Crippen molar-refractivity contribution in [3.8, 4) is 0 Å². The molecule has 1 unspecified atom stereocenters. The van der Waals surface area contributed by atoms with Gasteiger partial charge >= 0.3 is 0 Å². The molecule has 1 atom stereocenters. The minimum atomic E-state index is 0.443. The minimum absolute atomic E-state index is 0.443. The lowest BCUT2D eigenvalue weighted by Crippen LogP contribution is -2.15. The van der Waals surface area contributed by atoms with E-state index in [2.05, 4.69) is 35.6 Å². The molecule has 0 bridgehead atoms. The fraction of sp³-hybridized carbons (Fsp3) is 0.455. The summed E-state index contributed by atoms with van der Waals surface area (Å²) < 4.78 is 0. The van der Waals surface area contributed by atoms with E-state index < -0.39 is 0 Å². The average molecular weight is 195 g/mol. The van der Waals surface area contributed by atoms with Crippen LogP contribution in [0.2, 0.25) is 0 Å². The molecule has 0 spiro atoms. The summed E-state index contributed by atoms with van der Waals surface area (Å²) in [6.07, 6.45) is 2.12. The van der Waals surface area contributed by atoms with Crippen molar-refractivity contribution in [1.82, 2.24) is 5.32 Å². The van der Waals surface area contributed by atoms with Gasteiger partial charge in [0.25, 0.3) is 0 Å². The Hall–Kier alpha value is -0.600. The molecular weight excluding hydrogens is 178 g/mol. The molecule has 1 N–H and O–H groups in total. The Morgan fingerprint density at radius 3 is 2.92 bits per heavy atom. The molecule has 0 amide bonds. The fourth-order valence-corrected chi connectivity index (χ4v) is 2.01. The second-order valence-electron chi connectivity index (χ2n) is 3.21. The molecular formula is C11H17NS. The summed E-state index contributed by atoms with van der Waals surface area (Å²) in [6.45, 7) is 6.19. The summed E-state index contributed by atoms with van der Waals surface area (Å²) in [7, 11) is 2.01. The first-order chi connectivity index (χ1) is 6.27. The quantitative estimate of drug-likeness (QED) is 0.710. The smallest absolute Gasteiger partial charge is 0.0363 e. The van der Waals surface area contributed by atoms with Gasteiger partial charge in [0.15, 0.2) is 0 Å². The van der Waals surface area contributed by atoms with Gasteiger partial charge in [-0.1, -0.05) is 19.1 Å². The van der Waals surface area contributed by atoms with Gasteiger partial charge in [-0.15, -0.1) is 0 Å². The van der Waals surface area contributed by atoms with Crippen LogP contribution in [0.15, 0.2) is 29.0 Å². The topological polar surface area (TPSA) is 12.0 Å². The van der Waals surface area contributed by atoms with Gasteiger partial charge in [0.05, 0.1) is 0 Å². The maximum absolute atomic E-state index is 4.03. The van der Waals surface area contributed by atoms with Crippen LogP contribution in [0.3, 0.4) is 0 Å². The lowest BCUT2D eigenvalue weighted by Gasteiger charge is -2.15. The number of rotatable bonds is 5. The van der Waals surface area contributed by atoms with Crippen molar-refractivity contribution in [2.24, 2.45) is 0 Å². The standard InChI is InChI=1S/C11H17NS/c1-4-9(2)7-11(12-3)10-5-6-13-8-10/h5-6,8,11-12H,2,4,7H2,1,3H3. The third-order valence-electron chi connectivity index (χ3n) is 2.29. The molecule has 72 valence electrons. The van der Waals surface area contributed by atoms with Crippen molar-refractivity contribution in [3.05, 3.63) is 34.5 Å².